The summed E-state index contributed by atoms with van der Waals surface area (Å²) < 4.78 is 0. The highest BCUT2D eigenvalue weighted by atomic mass is 15.1. The van der Waals surface area contributed by atoms with E-state index >= 15 is 0 Å². The van der Waals surface area contributed by atoms with Gasteiger partial charge in [0.05, 0.1) is 0 Å². The van der Waals surface area contributed by atoms with Gasteiger partial charge in [-0.15, -0.1) is 0 Å². The fraction of sp³-hybridized carbons (Fsp3) is 0. The normalized spacial score (nSPS) is 11.2. The monoisotopic (exact) mass is 692 g/mol. The Labute approximate surface area is 318 Å². The van der Waals surface area contributed by atoms with E-state index in [1.807, 2.05) is 0 Å². The number of allylic oxidation sites excluding steroid dienone is 2. The van der Waals surface area contributed by atoms with E-state index < -0.39 is 0 Å². The van der Waals surface area contributed by atoms with Crippen molar-refractivity contribution in [2.45, 2.75) is 0 Å². The molecule has 258 valence electrons. The first-order valence-corrected chi connectivity index (χ1v) is 18.3. The Morgan fingerprint density at radius 1 is 0.222 bits per heavy atom. The number of anilines is 6. The van der Waals surface area contributed by atoms with Crippen molar-refractivity contribution >= 4 is 46.3 Å². The van der Waals surface area contributed by atoms with E-state index in [-0.39, 0.29) is 0 Å². The quantitative estimate of drug-likeness (QED) is 0.125. The summed E-state index contributed by atoms with van der Waals surface area (Å²) in [5.41, 5.74) is 13.8. The van der Waals surface area contributed by atoms with Crippen LogP contribution in [0.25, 0.3) is 34.4 Å². The number of benzene rings is 8. The van der Waals surface area contributed by atoms with Crippen molar-refractivity contribution in [2.75, 3.05) is 9.80 Å². The van der Waals surface area contributed by atoms with Gasteiger partial charge in [0.15, 0.2) is 0 Å². The summed E-state index contributed by atoms with van der Waals surface area (Å²) in [4.78, 5) is 4.59. The van der Waals surface area contributed by atoms with Crippen LogP contribution >= 0.6 is 0 Å². The van der Waals surface area contributed by atoms with Gasteiger partial charge < -0.3 is 9.80 Å². The van der Waals surface area contributed by atoms with Crippen LogP contribution in [0.2, 0.25) is 0 Å². The molecule has 0 saturated carbocycles. The third kappa shape index (κ3) is 7.99. The van der Waals surface area contributed by atoms with Gasteiger partial charge in [-0.2, -0.15) is 0 Å². The Kier molecular flexibility index (Phi) is 10.3. The lowest BCUT2D eigenvalue weighted by Gasteiger charge is -2.25. The molecule has 2 nitrogen and oxygen atoms in total. The third-order valence-corrected chi connectivity index (χ3v) is 9.49. The number of hydrogen-bond acceptors (Lipinski definition) is 2. The smallest absolute Gasteiger partial charge is 0.0462 e. The summed E-state index contributed by atoms with van der Waals surface area (Å²) in [7, 11) is 0. The molecule has 0 aliphatic carbocycles. The van der Waals surface area contributed by atoms with Crippen LogP contribution < -0.4 is 9.80 Å². The highest BCUT2D eigenvalue weighted by Crippen LogP contribution is 2.37. The molecule has 0 fully saturated rings. The largest absolute Gasteiger partial charge is 0.311 e. The predicted octanol–water partition coefficient (Wildman–Crippen LogP) is 14.7. The van der Waals surface area contributed by atoms with E-state index in [1.165, 1.54) is 22.3 Å². The van der Waals surface area contributed by atoms with Crippen LogP contribution in [0.15, 0.2) is 231 Å². The molecular weight excluding hydrogens is 653 g/mol. The number of rotatable bonds is 11. The Morgan fingerprint density at radius 2 is 0.463 bits per heavy atom. The van der Waals surface area contributed by atoms with Crippen LogP contribution in [0.4, 0.5) is 34.1 Å². The zero-order valence-electron chi connectivity index (χ0n) is 30.0. The summed E-state index contributed by atoms with van der Waals surface area (Å²) in [6, 6.07) is 77.1. The summed E-state index contributed by atoms with van der Waals surface area (Å²) in [6.45, 7) is 0. The Hall–Kier alpha value is -7.16. The van der Waals surface area contributed by atoms with Gasteiger partial charge in [0, 0.05) is 34.1 Å². The average molecular weight is 693 g/mol. The molecule has 0 saturated heterocycles. The first-order chi connectivity index (χ1) is 26.8. The van der Waals surface area contributed by atoms with E-state index in [1.54, 1.807) is 0 Å². The summed E-state index contributed by atoms with van der Waals surface area (Å²) >= 11 is 0. The second kappa shape index (κ2) is 16.5. The second-order valence-corrected chi connectivity index (χ2v) is 13.1. The Balaban J connectivity index is 0.965. The van der Waals surface area contributed by atoms with Gasteiger partial charge in [0.25, 0.3) is 0 Å². The summed E-state index contributed by atoms with van der Waals surface area (Å²) in [5.74, 6) is 0. The van der Waals surface area contributed by atoms with Gasteiger partial charge in [-0.05, 0) is 106 Å². The molecule has 0 aliphatic heterocycles. The molecule has 0 unspecified atom stereocenters. The minimum atomic E-state index is 1.11. The molecule has 8 aromatic carbocycles. The minimum absolute atomic E-state index is 1.11. The molecule has 54 heavy (non-hydrogen) atoms. The Bertz CT molecular complexity index is 2240. The van der Waals surface area contributed by atoms with Crippen LogP contribution in [0, 0.1) is 0 Å². The molecule has 0 atom stereocenters. The lowest BCUT2D eigenvalue weighted by molar-refractivity contribution is 1.28. The van der Waals surface area contributed by atoms with E-state index in [4.69, 9.17) is 0 Å². The summed E-state index contributed by atoms with van der Waals surface area (Å²) in [5, 5.41) is 0. The predicted molar refractivity (Wildman–Crippen MR) is 231 cm³/mol. The van der Waals surface area contributed by atoms with Gasteiger partial charge in [-0.25, -0.2) is 0 Å². The first kappa shape index (κ1) is 34.0. The molecule has 0 radical (unpaired) electrons. The number of nitrogens with zero attached hydrogens (tertiary/aromatic N) is 2. The lowest BCUT2D eigenvalue weighted by atomic mass is 10.0. The number of para-hydroxylation sites is 2. The van der Waals surface area contributed by atoms with Crippen molar-refractivity contribution in [1.82, 2.24) is 0 Å². The number of hydrogen-bond donors (Lipinski definition) is 0. The van der Waals surface area contributed by atoms with Crippen LogP contribution in [-0.4, -0.2) is 0 Å². The molecule has 0 heterocycles. The molecule has 8 aromatic rings. The fourth-order valence-corrected chi connectivity index (χ4v) is 6.72. The Morgan fingerprint density at radius 3 is 0.778 bits per heavy atom. The molecule has 0 aliphatic rings. The molecule has 0 spiro atoms. The van der Waals surface area contributed by atoms with Crippen molar-refractivity contribution in [3.05, 3.63) is 242 Å². The molecular formula is C52H40N2. The van der Waals surface area contributed by atoms with Crippen LogP contribution in [0.5, 0.6) is 0 Å². The minimum Gasteiger partial charge on any atom is -0.311 e. The van der Waals surface area contributed by atoms with Gasteiger partial charge in [0.1, 0.15) is 0 Å². The van der Waals surface area contributed by atoms with Gasteiger partial charge >= 0.3 is 0 Å². The maximum atomic E-state index is 2.30. The third-order valence-electron chi connectivity index (χ3n) is 9.49. The molecule has 0 N–H and O–H groups in total. The molecule has 0 aromatic heterocycles. The van der Waals surface area contributed by atoms with E-state index in [0.717, 1.165) is 45.3 Å². The lowest BCUT2D eigenvalue weighted by Crippen LogP contribution is -2.09. The highest BCUT2D eigenvalue weighted by Gasteiger charge is 2.14. The standard InChI is InChI=1S/C52H40N2/c1-5-17-43(18-6-1)45-29-37-51(38-30-45)53(47-21-9-3-10-22-47)49-33-25-41(26-34-49)15-13-14-16-42-27-35-50(36-28-42)54(48-23-11-4-12-24-48)52-39-31-46(32-40-52)44-19-7-2-8-20-44/h1-40H. The van der Waals surface area contributed by atoms with E-state index in [0.29, 0.717) is 0 Å². The van der Waals surface area contributed by atoms with Crippen molar-refractivity contribution < 1.29 is 0 Å². The van der Waals surface area contributed by atoms with Crippen molar-refractivity contribution in [1.29, 1.82) is 0 Å². The van der Waals surface area contributed by atoms with E-state index in [9.17, 15) is 0 Å². The highest BCUT2D eigenvalue weighted by molar-refractivity contribution is 5.80. The van der Waals surface area contributed by atoms with Gasteiger partial charge in [-0.1, -0.05) is 170 Å². The maximum Gasteiger partial charge on any atom is 0.0462 e. The van der Waals surface area contributed by atoms with Crippen molar-refractivity contribution in [3.8, 4) is 22.3 Å². The van der Waals surface area contributed by atoms with Gasteiger partial charge in [-0.3, -0.25) is 0 Å². The van der Waals surface area contributed by atoms with Crippen LogP contribution in [0.1, 0.15) is 11.1 Å². The molecule has 8 rings (SSSR count). The molecule has 0 bridgehead atoms. The zero-order chi connectivity index (χ0) is 36.4. The van der Waals surface area contributed by atoms with Gasteiger partial charge in [0.2, 0.25) is 0 Å². The fourth-order valence-electron chi connectivity index (χ4n) is 6.72. The molecule has 2 heteroatoms. The SMILES string of the molecule is C(C=Cc1ccc(N(c2ccccc2)c2ccc(-c3ccccc3)cc2)cc1)=Cc1ccc(N(c2ccccc2)c2ccc(-c3ccccc3)cc2)cc1. The zero-order valence-corrected chi connectivity index (χ0v) is 30.0. The van der Waals surface area contributed by atoms with Crippen molar-refractivity contribution in [2.24, 2.45) is 0 Å². The topological polar surface area (TPSA) is 6.48 Å². The van der Waals surface area contributed by atoms with Crippen LogP contribution in [-0.2, 0) is 0 Å². The van der Waals surface area contributed by atoms with E-state index in [2.05, 4.69) is 252 Å². The first-order valence-electron chi connectivity index (χ1n) is 18.3. The summed E-state index contributed by atoms with van der Waals surface area (Å²) in [6.07, 6.45) is 8.49. The van der Waals surface area contributed by atoms with Crippen molar-refractivity contribution in [3.63, 3.8) is 0 Å². The van der Waals surface area contributed by atoms with Crippen LogP contribution in [0.3, 0.4) is 0 Å². The maximum absolute atomic E-state index is 2.30. The average Bonchev–Trinajstić information content (AvgIpc) is 3.25. The molecule has 0 amide bonds. The second-order valence-electron chi connectivity index (χ2n) is 13.1.